The summed E-state index contributed by atoms with van der Waals surface area (Å²) in [5.74, 6) is 0. The van der Waals surface area contributed by atoms with Gasteiger partial charge in [-0.25, -0.2) is 0 Å². The van der Waals surface area contributed by atoms with Crippen molar-refractivity contribution in [3.8, 4) is 0 Å². The first-order valence-electron chi connectivity index (χ1n) is 2.21. The van der Waals surface area contributed by atoms with Gasteiger partial charge < -0.3 is 0 Å². The monoisotopic (exact) mass is 329 g/mol. The minimum absolute atomic E-state index is 0.597. The second-order valence-corrected chi connectivity index (χ2v) is 11.1. The summed E-state index contributed by atoms with van der Waals surface area (Å²) in [6.45, 7) is -3.71. The zero-order chi connectivity index (χ0) is 9.52. The van der Waals surface area contributed by atoms with Gasteiger partial charge in [0.05, 0.1) is 0 Å². The van der Waals surface area contributed by atoms with Crippen LogP contribution in [-0.2, 0) is 0 Å². The van der Waals surface area contributed by atoms with Crippen molar-refractivity contribution in [3.63, 3.8) is 0 Å². The summed E-state index contributed by atoms with van der Waals surface area (Å²) in [5.41, 5.74) is 0. The molecule has 0 aromatic carbocycles. The maximum atomic E-state index is 13.2. The number of rotatable bonds is 0. The van der Waals surface area contributed by atoms with Gasteiger partial charge in [0.1, 0.15) is 0 Å². The van der Waals surface area contributed by atoms with E-state index in [0.717, 1.165) is 3.96 Å². The molecule has 12 heteroatoms. The largest absolute Gasteiger partial charge is 0.312 e. The number of hydrogen-bond donors (Lipinski definition) is 0. The molecule has 0 aromatic heterocycles. The second-order valence-electron chi connectivity index (χ2n) is 1.51. The lowest BCUT2D eigenvalue weighted by Crippen LogP contribution is -2.05. The van der Waals surface area contributed by atoms with Gasteiger partial charge in [-0.1, -0.05) is 15.2 Å². The lowest BCUT2D eigenvalue weighted by Gasteiger charge is -2.32. The summed E-state index contributed by atoms with van der Waals surface area (Å²) in [7, 11) is -3.42. The molecule has 0 radical (unpaired) electrons. The van der Waals surface area contributed by atoms with E-state index in [4.69, 9.17) is 57.3 Å². The van der Waals surface area contributed by atoms with E-state index in [1.807, 2.05) is 0 Å². The highest BCUT2D eigenvalue weighted by Gasteiger charge is 2.43. The molecule has 0 N–H and O–H groups in total. The summed E-state index contributed by atoms with van der Waals surface area (Å²) >= 11 is 27.5. The first kappa shape index (κ1) is 12.5. The molecular weight excluding hydrogens is 331 g/mol. The Hall–Kier alpha value is 2.39. The van der Waals surface area contributed by atoms with Gasteiger partial charge in [0.25, 0.3) is 0 Å². The topological polar surface area (TPSA) is 18.8 Å². The lowest BCUT2D eigenvalue weighted by atomic mass is 13.8. The predicted octanol–water partition coefficient (Wildman–Crippen LogP) is 6.00. The van der Waals surface area contributed by atoms with Crippen molar-refractivity contribution in [1.29, 1.82) is 0 Å². The minimum Gasteiger partial charge on any atom is -0.187 e. The SMILES string of the molecule is FP1(Cl)=NP(Cl)N(Cl)P(Cl)N1Cl. The van der Waals surface area contributed by atoms with Crippen LogP contribution in [0.2, 0.25) is 0 Å². The number of halogens is 6. The van der Waals surface area contributed by atoms with E-state index in [1.165, 1.54) is 0 Å². The van der Waals surface area contributed by atoms with E-state index in [0.29, 0.717) is 3.96 Å². The third kappa shape index (κ3) is 2.49. The fraction of sp³-hybridized carbons (Fsp3) is 0. The molecule has 0 aromatic rings. The average Bonchev–Trinajstić information content (AvgIpc) is 1.97. The molecule has 1 aliphatic heterocycles. The van der Waals surface area contributed by atoms with Gasteiger partial charge >= 0.3 is 6.87 Å². The van der Waals surface area contributed by atoms with Crippen molar-refractivity contribution < 1.29 is 4.20 Å². The molecule has 0 fully saturated rings. The molecule has 1 rings (SSSR count). The minimum atomic E-state index is -3.71. The van der Waals surface area contributed by atoms with Crippen LogP contribution < -0.4 is 0 Å². The summed E-state index contributed by atoms with van der Waals surface area (Å²) in [5, 5.41) is 0. The molecule has 0 aliphatic carbocycles. The highest BCUT2D eigenvalue weighted by Crippen LogP contribution is 2.84. The first-order valence-corrected chi connectivity index (χ1v) is 9.69. The van der Waals surface area contributed by atoms with Crippen LogP contribution in [0.15, 0.2) is 4.52 Å². The average molecular weight is 331 g/mol. The van der Waals surface area contributed by atoms with Crippen LogP contribution in [0.5, 0.6) is 0 Å². The van der Waals surface area contributed by atoms with Gasteiger partial charge in [0.2, 0.25) is 7.58 Å². The van der Waals surface area contributed by atoms with Crippen LogP contribution in [0.3, 0.4) is 0 Å². The zero-order valence-electron chi connectivity index (χ0n) is 4.95. The van der Waals surface area contributed by atoms with Gasteiger partial charge in [-0.15, -0.1) is 3.96 Å². The van der Waals surface area contributed by atoms with Crippen molar-refractivity contribution in [2.24, 2.45) is 4.52 Å². The molecule has 72 valence electrons. The van der Waals surface area contributed by atoms with E-state index in [1.54, 1.807) is 0 Å². The summed E-state index contributed by atoms with van der Waals surface area (Å²) in [6, 6.07) is 0. The molecule has 12 heavy (non-hydrogen) atoms. The Labute approximate surface area is 95.6 Å². The van der Waals surface area contributed by atoms with Crippen LogP contribution in [0, 0.1) is 0 Å². The van der Waals surface area contributed by atoms with Gasteiger partial charge in [-0.3, -0.25) is 0 Å². The van der Waals surface area contributed by atoms with E-state index >= 15 is 0 Å². The Morgan fingerprint density at radius 3 is 2.33 bits per heavy atom. The fourth-order valence-corrected chi connectivity index (χ4v) is 10.4. The van der Waals surface area contributed by atoms with Crippen LogP contribution in [0.1, 0.15) is 0 Å². The molecule has 0 saturated heterocycles. The maximum Gasteiger partial charge on any atom is 0.312 e. The number of hydrogen-bond acceptors (Lipinski definition) is 3. The normalized spacial score (nSPS) is 45.8. The second kappa shape index (κ2) is 4.49. The molecule has 0 bridgehead atoms. The van der Waals surface area contributed by atoms with Crippen molar-refractivity contribution in [1.82, 2.24) is 7.92 Å². The zero-order valence-corrected chi connectivity index (χ0v) is 11.4. The molecule has 0 spiro atoms. The van der Waals surface area contributed by atoms with Crippen LogP contribution in [-0.4, -0.2) is 7.92 Å². The maximum absolute atomic E-state index is 13.2. The van der Waals surface area contributed by atoms with E-state index < -0.39 is 22.0 Å². The molecular formula is Cl5FN3P3. The van der Waals surface area contributed by atoms with Gasteiger partial charge in [-0.05, 0) is 46.0 Å². The predicted molar refractivity (Wildman–Crippen MR) is 57.2 cm³/mol. The number of nitrogens with zero attached hydrogens (tertiary/aromatic N) is 3. The van der Waals surface area contributed by atoms with Crippen LogP contribution >= 0.6 is 79.3 Å². The Kier molecular flexibility index (Phi) is 4.66. The highest BCUT2D eigenvalue weighted by molar-refractivity contribution is 8.06. The Morgan fingerprint density at radius 1 is 1.33 bits per heavy atom. The third-order valence-corrected chi connectivity index (χ3v) is 12.8. The molecule has 1 aliphatic rings. The van der Waals surface area contributed by atoms with Crippen LogP contribution in [0.25, 0.3) is 0 Å². The van der Waals surface area contributed by atoms with Crippen molar-refractivity contribution in [3.05, 3.63) is 0 Å². The summed E-state index contributed by atoms with van der Waals surface area (Å²) < 4.78 is 18.2. The van der Waals surface area contributed by atoms with E-state index in [2.05, 4.69) is 4.52 Å². The van der Waals surface area contributed by atoms with Gasteiger partial charge in [-0.2, -0.15) is 8.71 Å². The van der Waals surface area contributed by atoms with E-state index in [9.17, 15) is 4.20 Å². The fourth-order valence-electron chi connectivity index (χ4n) is 0.365. The molecule has 1 heterocycles. The molecule has 0 saturated carbocycles. The lowest BCUT2D eigenvalue weighted by molar-refractivity contribution is 0.835. The summed E-state index contributed by atoms with van der Waals surface area (Å²) in [4.78, 5) is 0. The Bertz CT molecular complexity index is 228. The molecule has 3 atom stereocenters. The van der Waals surface area contributed by atoms with Crippen molar-refractivity contribution >= 4 is 79.3 Å². The molecule has 3 nitrogen and oxygen atoms in total. The van der Waals surface area contributed by atoms with Crippen molar-refractivity contribution in [2.45, 2.75) is 0 Å². The standard InChI is InChI=1S/Cl5FN3P3/c1-8-10(3)7-12(5,6)9(2)11(8)4. The van der Waals surface area contributed by atoms with Crippen molar-refractivity contribution in [2.75, 3.05) is 0 Å². The highest BCUT2D eigenvalue weighted by atomic mass is 35.7. The summed E-state index contributed by atoms with van der Waals surface area (Å²) in [6.07, 6.45) is 0. The van der Waals surface area contributed by atoms with E-state index in [-0.39, 0.29) is 0 Å². The molecule has 3 unspecified atom stereocenters. The Morgan fingerprint density at radius 2 is 1.83 bits per heavy atom. The smallest absolute Gasteiger partial charge is 0.187 e. The third-order valence-electron chi connectivity index (χ3n) is 0.789. The van der Waals surface area contributed by atoms with Gasteiger partial charge in [0.15, 0.2) is 7.58 Å². The van der Waals surface area contributed by atoms with Crippen LogP contribution in [0.4, 0.5) is 4.20 Å². The molecule has 0 amide bonds. The quantitative estimate of drug-likeness (QED) is 0.400. The Balaban J connectivity index is 3.01. The van der Waals surface area contributed by atoms with Gasteiger partial charge in [0, 0.05) is 0 Å². The first-order chi connectivity index (χ1) is 5.36.